The normalized spacial score (nSPS) is 10.1. The van der Waals surface area contributed by atoms with Crippen LogP contribution < -0.4 is 4.80 Å². The highest BCUT2D eigenvalue weighted by atomic mass is 32.1. The summed E-state index contributed by atoms with van der Waals surface area (Å²) in [6.45, 7) is 0.358. The number of fused-ring (bicyclic) bond motifs is 1. The van der Waals surface area contributed by atoms with E-state index in [9.17, 15) is 4.79 Å². The van der Waals surface area contributed by atoms with Crippen molar-refractivity contribution in [2.75, 3.05) is 7.11 Å². The van der Waals surface area contributed by atoms with E-state index >= 15 is 0 Å². The number of benzene rings is 1. The first-order chi connectivity index (χ1) is 8.17. The molecule has 4 nitrogen and oxygen atoms in total. The Balaban J connectivity index is 2.62. The predicted molar refractivity (Wildman–Crippen MR) is 65.8 cm³/mol. The smallest absolute Gasteiger partial charge is 0.337 e. The third-order valence-electron chi connectivity index (χ3n) is 2.37. The zero-order valence-electron chi connectivity index (χ0n) is 9.19. The molecule has 0 aliphatic heterocycles. The van der Waals surface area contributed by atoms with E-state index in [-0.39, 0.29) is 5.97 Å². The molecule has 2 rings (SSSR count). The summed E-state index contributed by atoms with van der Waals surface area (Å²) in [5.74, 6) is 2.13. The average molecular weight is 246 g/mol. The predicted octanol–water partition coefficient (Wildman–Crippen LogP) is 1.60. The molecule has 0 aliphatic carbocycles. The van der Waals surface area contributed by atoms with Crippen molar-refractivity contribution < 1.29 is 9.53 Å². The van der Waals surface area contributed by atoms with Crippen LogP contribution in [0.3, 0.4) is 0 Å². The second kappa shape index (κ2) is 4.44. The molecule has 86 valence electrons. The van der Waals surface area contributed by atoms with Gasteiger partial charge < -0.3 is 9.30 Å². The number of hydrogen-bond acceptors (Lipinski definition) is 4. The van der Waals surface area contributed by atoms with Crippen LogP contribution in [-0.4, -0.2) is 17.6 Å². The second-order valence-electron chi connectivity index (χ2n) is 3.37. The minimum Gasteiger partial charge on any atom is -0.465 e. The molecule has 1 aromatic heterocycles. The Bertz CT molecular complexity index is 676. The fourth-order valence-electron chi connectivity index (χ4n) is 1.58. The van der Waals surface area contributed by atoms with E-state index in [0.717, 1.165) is 10.2 Å². The number of terminal acetylenes is 1. The molecule has 5 heteroatoms. The van der Waals surface area contributed by atoms with Gasteiger partial charge in [0.05, 0.1) is 29.4 Å². The molecule has 0 saturated heterocycles. The Morgan fingerprint density at radius 1 is 1.65 bits per heavy atom. The minimum atomic E-state index is -0.379. The summed E-state index contributed by atoms with van der Waals surface area (Å²) in [5.41, 5.74) is 1.35. The maximum absolute atomic E-state index is 11.4. The van der Waals surface area contributed by atoms with E-state index in [1.54, 1.807) is 22.8 Å². The van der Waals surface area contributed by atoms with Crippen LogP contribution in [0.1, 0.15) is 10.4 Å². The Morgan fingerprint density at radius 3 is 3.06 bits per heavy atom. The lowest BCUT2D eigenvalue weighted by molar-refractivity contribution is 0.0601. The van der Waals surface area contributed by atoms with Gasteiger partial charge in [-0.3, -0.25) is 5.41 Å². The highest BCUT2D eigenvalue weighted by Gasteiger charge is 2.09. The number of hydrogen-bond donors (Lipinski definition) is 1. The van der Waals surface area contributed by atoms with E-state index in [2.05, 4.69) is 10.7 Å². The molecule has 0 aliphatic rings. The van der Waals surface area contributed by atoms with Crippen LogP contribution in [-0.2, 0) is 11.3 Å². The van der Waals surface area contributed by atoms with Gasteiger partial charge in [-0.2, -0.15) is 0 Å². The lowest BCUT2D eigenvalue weighted by Crippen LogP contribution is -2.11. The van der Waals surface area contributed by atoms with Crippen molar-refractivity contribution in [3.8, 4) is 12.3 Å². The molecule has 0 unspecified atom stereocenters. The van der Waals surface area contributed by atoms with Crippen molar-refractivity contribution in [2.45, 2.75) is 6.54 Å². The Kier molecular flexibility index (Phi) is 2.98. The summed E-state index contributed by atoms with van der Waals surface area (Å²) in [7, 11) is 1.34. The molecule has 0 bridgehead atoms. The number of methoxy groups -OCH3 is 1. The summed E-state index contributed by atoms with van der Waals surface area (Å²) in [5, 5.41) is 7.79. The van der Waals surface area contributed by atoms with Gasteiger partial charge in [0, 0.05) is 0 Å². The summed E-state index contributed by atoms with van der Waals surface area (Å²) >= 11 is 1.29. The number of thiazole rings is 1. The van der Waals surface area contributed by atoms with Crippen molar-refractivity contribution in [2.24, 2.45) is 0 Å². The van der Waals surface area contributed by atoms with Crippen LogP contribution in [0.2, 0.25) is 0 Å². The van der Waals surface area contributed by atoms with Crippen molar-refractivity contribution in [1.82, 2.24) is 4.57 Å². The number of carbonyl (C=O) groups is 1. The maximum atomic E-state index is 11.4. The molecule has 0 fully saturated rings. The largest absolute Gasteiger partial charge is 0.465 e. The van der Waals surface area contributed by atoms with Gasteiger partial charge in [-0.25, -0.2) is 4.79 Å². The van der Waals surface area contributed by atoms with E-state index in [4.69, 9.17) is 11.8 Å². The van der Waals surface area contributed by atoms with Crippen LogP contribution in [0.25, 0.3) is 10.2 Å². The van der Waals surface area contributed by atoms with Crippen molar-refractivity contribution in [1.29, 1.82) is 5.41 Å². The van der Waals surface area contributed by atoms with Crippen molar-refractivity contribution >= 4 is 27.5 Å². The van der Waals surface area contributed by atoms with E-state index in [0.29, 0.717) is 16.9 Å². The number of esters is 1. The number of rotatable bonds is 2. The standard InChI is InChI=1S/C12H10N2O2S/c1-3-6-14-9-5-4-8(11(15)16-2)7-10(9)17-12(14)13/h1,4-5,7,13H,6H2,2H3. The fourth-order valence-corrected chi connectivity index (χ4v) is 2.53. The van der Waals surface area contributed by atoms with Gasteiger partial charge in [-0.1, -0.05) is 17.3 Å². The molecule has 1 N–H and O–H groups in total. The summed E-state index contributed by atoms with van der Waals surface area (Å²) in [4.78, 5) is 11.7. The van der Waals surface area contributed by atoms with Crippen LogP contribution in [0, 0.1) is 17.8 Å². The zero-order chi connectivity index (χ0) is 12.4. The van der Waals surface area contributed by atoms with Crippen LogP contribution in [0.15, 0.2) is 18.2 Å². The van der Waals surface area contributed by atoms with Crippen molar-refractivity contribution in [3.05, 3.63) is 28.6 Å². The van der Waals surface area contributed by atoms with Gasteiger partial charge in [0.15, 0.2) is 4.80 Å². The first-order valence-corrected chi connectivity index (χ1v) is 5.68. The molecule has 0 amide bonds. The Labute approximate surface area is 102 Å². The van der Waals surface area contributed by atoms with E-state index < -0.39 is 0 Å². The first-order valence-electron chi connectivity index (χ1n) is 4.87. The number of carbonyl (C=O) groups excluding carboxylic acids is 1. The maximum Gasteiger partial charge on any atom is 0.337 e. The zero-order valence-corrected chi connectivity index (χ0v) is 10.0. The minimum absolute atomic E-state index is 0.358. The quantitative estimate of drug-likeness (QED) is 0.646. The topological polar surface area (TPSA) is 55.1 Å². The molecule has 1 aromatic carbocycles. The molecule has 0 spiro atoms. The van der Waals surface area contributed by atoms with Crippen LogP contribution in [0.5, 0.6) is 0 Å². The lowest BCUT2D eigenvalue weighted by atomic mass is 10.2. The number of ether oxygens (including phenoxy) is 1. The van der Waals surface area contributed by atoms with Crippen molar-refractivity contribution in [3.63, 3.8) is 0 Å². The Hall–Kier alpha value is -2.06. The SMILES string of the molecule is C#CCn1c(=N)sc2cc(C(=O)OC)ccc21. The number of aromatic nitrogens is 1. The van der Waals surface area contributed by atoms with Gasteiger partial charge in [0.2, 0.25) is 0 Å². The van der Waals surface area contributed by atoms with Gasteiger partial charge in [0.25, 0.3) is 0 Å². The highest BCUT2D eigenvalue weighted by molar-refractivity contribution is 7.16. The van der Waals surface area contributed by atoms with Crippen LogP contribution >= 0.6 is 11.3 Å². The van der Waals surface area contributed by atoms with Crippen LogP contribution in [0.4, 0.5) is 0 Å². The number of nitrogens with zero attached hydrogens (tertiary/aromatic N) is 1. The monoisotopic (exact) mass is 246 g/mol. The highest BCUT2D eigenvalue weighted by Crippen LogP contribution is 2.19. The van der Waals surface area contributed by atoms with Gasteiger partial charge >= 0.3 is 5.97 Å². The third-order valence-corrected chi connectivity index (χ3v) is 3.33. The first kappa shape index (κ1) is 11.4. The summed E-state index contributed by atoms with van der Waals surface area (Å²) < 4.78 is 7.23. The molecule has 17 heavy (non-hydrogen) atoms. The number of nitrogens with one attached hydrogen (secondary N) is 1. The van der Waals surface area contributed by atoms with E-state index in [1.165, 1.54) is 18.4 Å². The molecular formula is C12H10N2O2S. The molecular weight excluding hydrogens is 236 g/mol. The molecule has 0 saturated carbocycles. The Morgan fingerprint density at radius 2 is 2.41 bits per heavy atom. The lowest BCUT2D eigenvalue weighted by Gasteiger charge is -2.01. The summed E-state index contributed by atoms with van der Waals surface area (Å²) in [6, 6.07) is 5.18. The average Bonchev–Trinajstić information content (AvgIpc) is 2.64. The summed E-state index contributed by atoms with van der Waals surface area (Å²) in [6.07, 6.45) is 5.26. The third kappa shape index (κ3) is 1.95. The van der Waals surface area contributed by atoms with Gasteiger partial charge in [0.1, 0.15) is 0 Å². The second-order valence-corrected chi connectivity index (χ2v) is 4.40. The molecule has 1 heterocycles. The molecule has 0 atom stereocenters. The molecule has 2 aromatic rings. The fraction of sp³-hybridized carbons (Fsp3) is 0.167. The van der Waals surface area contributed by atoms with Gasteiger partial charge in [-0.05, 0) is 18.2 Å². The molecule has 0 radical (unpaired) electrons. The van der Waals surface area contributed by atoms with Gasteiger partial charge in [-0.15, -0.1) is 6.42 Å². The van der Waals surface area contributed by atoms with E-state index in [1.807, 2.05) is 0 Å².